The summed E-state index contributed by atoms with van der Waals surface area (Å²) in [5, 5.41) is 0.511. The Balaban J connectivity index is 1.93. The van der Waals surface area contributed by atoms with Crippen LogP contribution >= 0.6 is 24.4 Å². The topological polar surface area (TPSA) is 15.3 Å². The lowest BCUT2D eigenvalue weighted by atomic mass is 9.95. The molecule has 0 aliphatic carbocycles. The zero-order valence-electron chi connectivity index (χ0n) is 13.5. The summed E-state index contributed by atoms with van der Waals surface area (Å²) < 4.78 is 45.5. The molecule has 1 N–H and O–H groups in total. The van der Waals surface area contributed by atoms with Crippen molar-refractivity contribution in [1.29, 1.82) is 0 Å². The van der Waals surface area contributed by atoms with Crippen LogP contribution in [0, 0.1) is 5.82 Å². The summed E-state index contributed by atoms with van der Waals surface area (Å²) >= 11 is 9.83. The van der Waals surface area contributed by atoms with Gasteiger partial charge in [-0.05, 0) is 36.7 Å². The SMILES string of the molecule is CN1CC(F)(F)C(NS)C1Cc1cccc(-c2cccc(Cl)c2)c1F. The Hall–Kier alpha value is -1.21. The standard InChI is InChI=1S/C18H18ClF3N2S/c1-24-10-18(21,22)17(23-25)15(24)9-12-5-3-7-14(16(12)20)11-4-2-6-13(19)8-11/h2-8,15,17,23,25H,9-10H2,1H3. The minimum Gasteiger partial charge on any atom is -0.295 e. The Bertz CT molecular complexity index is 772. The molecular formula is C18H18ClF3N2S. The van der Waals surface area contributed by atoms with Gasteiger partial charge in [0, 0.05) is 16.6 Å². The molecule has 134 valence electrons. The van der Waals surface area contributed by atoms with Gasteiger partial charge in [0.15, 0.2) is 0 Å². The number of halogens is 4. The van der Waals surface area contributed by atoms with Crippen LogP contribution in [-0.2, 0) is 6.42 Å². The number of likely N-dealkylation sites (N-methyl/N-ethyl adjacent to an activating group) is 1. The number of thiol groups is 1. The van der Waals surface area contributed by atoms with Crippen molar-refractivity contribution in [2.75, 3.05) is 13.6 Å². The first-order valence-electron chi connectivity index (χ1n) is 7.84. The van der Waals surface area contributed by atoms with Gasteiger partial charge in [-0.25, -0.2) is 13.2 Å². The van der Waals surface area contributed by atoms with Gasteiger partial charge in [-0.2, -0.15) is 0 Å². The van der Waals surface area contributed by atoms with E-state index in [-0.39, 0.29) is 13.0 Å². The van der Waals surface area contributed by atoms with Crippen molar-refractivity contribution in [3.63, 3.8) is 0 Å². The van der Waals surface area contributed by atoms with E-state index in [0.29, 0.717) is 21.7 Å². The molecule has 1 aliphatic rings. The van der Waals surface area contributed by atoms with Crippen LogP contribution < -0.4 is 4.72 Å². The van der Waals surface area contributed by atoms with E-state index < -0.39 is 23.8 Å². The van der Waals surface area contributed by atoms with Gasteiger partial charge in [-0.15, -0.1) is 0 Å². The molecule has 0 bridgehead atoms. The van der Waals surface area contributed by atoms with Gasteiger partial charge in [-0.1, -0.05) is 54.7 Å². The average Bonchev–Trinajstić information content (AvgIpc) is 2.77. The Labute approximate surface area is 155 Å². The molecule has 25 heavy (non-hydrogen) atoms. The highest BCUT2D eigenvalue weighted by atomic mass is 35.5. The quantitative estimate of drug-likeness (QED) is 0.755. The number of likely N-dealkylation sites (tertiary alicyclic amines) is 1. The van der Waals surface area contributed by atoms with Crippen molar-refractivity contribution >= 4 is 24.4 Å². The molecule has 2 unspecified atom stereocenters. The third-order valence-corrected chi connectivity index (χ3v) is 5.16. The number of hydrogen-bond donors (Lipinski definition) is 2. The summed E-state index contributed by atoms with van der Waals surface area (Å²) in [6.45, 7) is -0.383. The summed E-state index contributed by atoms with van der Waals surface area (Å²) in [6, 6.07) is 10.2. The Morgan fingerprint density at radius 1 is 1.28 bits per heavy atom. The maximum Gasteiger partial charge on any atom is 0.277 e. The van der Waals surface area contributed by atoms with Crippen molar-refractivity contribution in [2.24, 2.45) is 0 Å². The third kappa shape index (κ3) is 3.67. The minimum atomic E-state index is -2.91. The fourth-order valence-electron chi connectivity index (χ4n) is 3.38. The molecule has 2 nitrogen and oxygen atoms in total. The van der Waals surface area contributed by atoms with E-state index in [9.17, 15) is 8.78 Å². The minimum absolute atomic E-state index is 0.157. The van der Waals surface area contributed by atoms with E-state index in [0.717, 1.165) is 0 Å². The zero-order valence-corrected chi connectivity index (χ0v) is 15.2. The van der Waals surface area contributed by atoms with Crippen LogP contribution in [-0.4, -0.2) is 36.5 Å². The summed E-state index contributed by atoms with van der Waals surface area (Å²) in [4.78, 5) is 1.54. The summed E-state index contributed by atoms with van der Waals surface area (Å²) in [5.41, 5.74) is 1.45. The maximum atomic E-state index is 15.0. The summed E-state index contributed by atoms with van der Waals surface area (Å²) in [5.74, 6) is -3.33. The molecule has 2 atom stereocenters. The Morgan fingerprint density at radius 3 is 2.68 bits per heavy atom. The number of rotatable bonds is 4. The van der Waals surface area contributed by atoms with Gasteiger partial charge < -0.3 is 0 Å². The number of nitrogens with zero attached hydrogens (tertiary/aromatic N) is 1. The molecule has 1 aliphatic heterocycles. The lowest BCUT2D eigenvalue weighted by Gasteiger charge is -2.25. The lowest BCUT2D eigenvalue weighted by Crippen LogP contribution is -2.45. The molecule has 3 rings (SSSR count). The summed E-state index contributed by atoms with van der Waals surface area (Å²) in [6.07, 6.45) is 0.157. The van der Waals surface area contributed by atoms with Crippen LogP contribution in [0.25, 0.3) is 11.1 Å². The van der Waals surface area contributed by atoms with Gasteiger partial charge in [0.1, 0.15) is 5.82 Å². The highest BCUT2D eigenvalue weighted by Gasteiger charge is 2.52. The molecule has 2 aromatic carbocycles. The zero-order chi connectivity index (χ0) is 18.2. The molecular weight excluding hydrogens is 369 g/mol. The monoisotopic (exact) mass is 386 g/mol. The number of alkyl halides is 2. The second-order valence-electron chi connectivity index (χ2n) is 6.34. The van der Waals surface area contributed by atoms with E-state index in [1.165, 1.54) is 0 Å². The third-order valence-electron chi connectivity index (χ3n) is 4.65. The lowest BCUT2D eigenvalue weighted by molar-refractivity contribution is -0.00409. The van der Waals surface area contributed by atoms with E-state index >= 15 is 4.39 Å². The average molecular weight is 387 g/mol. The van der Waals surface area contributed by atoms with Crippen molar-refractivity contribution in [1.82, 2.24) is 9.62 Å². The molecule has 0 saturated carbocycles. The molecule has 0 spiro atoms. The van der Waals surface area contributed by atoms with Crippen LogP contribution in [0.3, 0.4) is 0 Å². The molecule has 0 aromatic heterocycles. The van der Waals surface area contributed by atoms with Crippen LogP contribution in [0.5, 0.6) is 0 Å². The highest BCUT2D eigenvalue weighted by molar-refractivity contribution is 7.78. The normalized spacial score (nSPS) is 23.1. The fourth-order valence-corrected chi connectivity index (χ4v) is 3.93. The largest absolute Gasteiger partial charge is 0.295 e. The van der Waals surface area contributed by atoms with Gasteiger partial charge in [0.2, 0.25) is 0 Å². The van der Waals surface area contributed by atoms with Gasteiger partial charge in [0.05, 0.1) is 12.6 Å². The predicted octanol–water partition coefficient (Wildman–Crippen LogP) is 4.44. The molecule has 0 amide bonds. The first kappa shape index (κ1) is 18.6. The second-order valence-corrected chi connectivity index (χ2v) is 7.04. The van der Waals surface area contributed by atoms with Crippen LogP contribution in [0.15, 0.2) is 42.5 Å². The second kappa shape index (κ2) is 7.19. The first-order valence-corrected chi connectivity index (χ1v) is 8.67. The molecule has 0 radical (unpaired) electrons. The predicted molar refractivity (Wildman–Crippen MR) is 97.8 cm³/mol. The first-order chi connectivity index (χ1) is 11.8. The van der Waals surface area contributed by atoms with Crippen molar-refractivity contribution in [3.05, 3.63) is 58.9 Å². The Kier molecular flexibility index (Phi) is 5.34. The van der Waals surface area contributed by atoms with Gasteiger partial charge in [-0.3, -0.25) is 9.62 Å². The highest BCUT2D eigenvalue weighted by Crippen LogP contribution is 2.35. The molecule has 2 aromatic rings. The number of nitrogens with one attached hydrogen (secondary N) is 1. The van der Waals surface area contributed by atoms with E-state index in [4.69, 9.17) is 11.6 Å². The van der Waals surface area contributed by atoms with Gasteiger partial charge in [0.25, 0.3) is 5.92 Å². The maximum absolute atomic E-state index is 15.0. The molecule has 1 heterocycles. The molecule has 7 heteroatoms. The van der Waals surface area contributed by atoms with Crippen LogP contribution in [0.2, 0.25) is 5.02 Å². The van der Waals surface area contributed by atoms with Crippen LogP contribution in [0.1, 0.15) is 5.56 Å². The Morgan fingerprint density at radius 2 is 2.00 bits per heavy atom. The summed E-state index contributed by atoms with van der Waals surface area (Å²) in [7, 11) is 1.61. The van der Waals surface area contributed by atoms with Crippen molar-refractivity contribution in [3.8, 4) is 11.1 Å². The molecule has 1 saturated heterocycles. The van der Waals surface area contributed by atoms with Crippen molar-refractivity contribution in [2.45, 2.75) is 24.4 Å². The number of hydrogen-bond acceptors (Lipinski definition) is 3. The van der Waals surface area contributed by atoms with Crippen molar-refractivity contribution < 1.29 is 13.2 Å². The molecule has 1 fully saturated rings. The van der Waals surface area contributed by atoms with Crippen LogP contribution in [0.4, 0.5) is 13.2 Å². The van der Waals surface area contributed by atoms with Gasteiger partial charge >= 0.3 is 0 Å². The van der Waals surface area contributed by atoms with E-state index in [1.807, 2.05) is 0 Å². The smallest absolute Gasteiger partial charge is 0.277 e. The fraction of sp³-hybridized carbons (Fsp3) is 0.333. The van der Waals surface area contributed by atoms with E-state index in [2.05, 4.69) is 17.5 Å². The number of benzene rings is 2. The van der Waals surface area contributed by atoms with E-state index in [1.54, 1.807) is 54.4 Å².